The number of piperidine rings is 1. The van der Waals surface area contributed by atoms with E-state index in [1.54, 1.807) is 12.1 Å². The summed E-state index contributed by atoms with van der Waals surface area (Å²) >= 11 is 0. The van der Waals surface area contributed by atoms with Gasteiger partial charge in [-0.05, 0) is 74.2 Å². The number of aromatic amines is 1. The van der Waals surface area contributed by atoms with Gasteiger partial charge in [0.1, 0.15) is 11.6 Å². The Labute approximate surface area is 201 Å². The van der Waals surface area contributed by atoms with Crippen molar-refractivity contribution in [1.82, 2.24) is 14.9 Å². The average molecular weight is 494 g/mol. The Morgan fingerprint density at radius 3 is 2.43 bits per heavy atom. The van der Waals surface area contributed by atoms with Crippen molar-refractivity contribution in [3.05, 3.63) is 59.2 Å². The molecule has 5 nitrogen and oxygen atoms in total. The predicted octanol–water partition coefficient (Wildman–Crippen LogP) is 5.60. The first-order chi connectivity index (χ1) is 16.4. The smallest absolute Gasteiger partial charge is 0.417 e. The number of fused-ring (bicyclic) bond motifs is 1. The van der Waals surface area contributed by atoms with Gasteiger partial charge in [-0.1, -0.05) is 20.3 Å². The quantitative estimate of drug-likeness (QED) is 0.375. The van der Waals surface area contributed by atoms with E-state index < -0.39 is 35.9 Å². The topological polar surface area (TPSA) is 72.4 Å². The molecule has 1 atom stereocenters. The molecule has 190 valence electrons. The minimum atomic E-state index is -4.96. The van der Waals surface area contributed by atoms with Crippen molar-refractivity contribution >= 4 is 11.0 Å². The molecule has 35 heavy (non-hydrogen) atoms. The lowest BCUT2D eigenvalue weighted by atomic mass is 9.73. The molecule has 3 aromatic rings. The van der Waals surface area contributed by atoms with Crippen LogP contribution in [0.1, 0.15) is 56.5 Å². The third-order valence-corrected chi connectivity index (χ3v) is 6.86. The summed E-state index contributed by atoms with van der Waals surface area (Å²) in [7, 11) is 0. The molecule has 1 aliphatic rings. The van der Waals surface area contributed by atoms with Crippen LogP contribution in [0.25, 0.3) is 11.0 Å². The Hall–Kier alpha value is -2.65. The van der Waals surface area contributed by atoms with Gasteiger partial charge in [-0.25, -0.2) is 9.37 Å². The Morgan fingerprint density at radius 1 is 1.03 bits per heavy atom. The largest absolute Gasteiger partial charge is 0.508 e. The summed E-state index contributed by atoms with van der Waals surface area (Å²) in [4.78, 5) is 9.89. The van der Waals surface area contributed by atoms with Gasteiger partial charge < -0.3 is 15.2 Å². The van der Waals surface area contributed by atoms with Gasteiger partial charge in [0.25, 0.3) is 0 Å². The fraction of sp³-hybridized carbons (Fsp3) is 0.500. The van der Waals surface area contributed by atoms with Gasteiger partial charge in [-0.3, -0.25) is 4.90 Å². The van der Waals surface area contributed by atoms with Gasteiger partial charge >= 0.3 is 6.18 Å². The molecular weight excluding hydrogens is 462 g/mol. The molecule has 9 heteroatoms. The molecule has 0 bridgehead atoms. The van der Waals surface area contributed by atoms with Gasteiger partial charge in [0, 0.05) is 24.2 Å². The number of nitrogens with one attached hydrogen (secondary N) is 1. The van der Waals surface area contributed by atoms with E-state index in [1.807, 2.05) is 6.07 Å². The fourth-order valence-corrected chi connectivity index (χ4v) is 5.09. The third kappa shape index (κ3) is 5.62. The fourth-order valence-electron chi connectivity index (χ4n) is 5.09. The van der Waals surface area contributed by atoms with Crippen LogP contribution in [0.2, 0.25) is 0 Å². The van der Waals surface area contributed by atoms with E-state index in [-0.39, 0.29) is 17.0 Å². The Balaban J connectivity index is 1.59. The van der Waals surface area contributed by atoms with Crippen LogP contribution in [0, 0.1) is 5.82 Å². The first-order valence-corrected chi connectivity index (χ1v) is 11.8. The first-order valence-electron chi connectivity index (χ1n) is 11.8. The third-order valence-electron chi connectivity index (χ3n) is 6.86. The van der Waals surface area contributed by atoms with Crippen LogP contribution in [0.4, 0.5) is 17.6 Å². The van der Waals surface area contributed by atoms with Crippen LogP contribution in [0.5, 0.6) is 5.75 Å². The molecule has 2 aromatic heterocycles. The maximum atomic E-state index is 14.2. The highest BCUT2D eigenvalue weighted by molar-refractivity contribution is 5.76. The molecule has 4 rings (SSSR count). The monoisotopic (exact) mass is 493 g/mol. The summed E-state index contributed by atoms with van der Waals surface area (Å²) < 4.78 is 56.3. The van der Waals surface area contributed by atoms with Crippen LogP contribution < -0.4 is 0 Å². The molecular formula is C26H31F4N3O2. The van der Waals surface area contributed by atoms with Gasteiger partial charge in [0.05, 0.1) is 16.7 Å². The molecule has 0 aliphatic carbocycles. The maximum absolute atomic E-state index is 14.2. The number of hydrogen-bond acceptors (Lipinski definition) is 4. The zero-order valence-corrected chi connectivity index (χ0v) is 19.9. The number of likely N-dealkylation sites (tertiary alicyclic amines) is 1. The lowest BCUT2D eigenvalue weighted by molar-refractivity contribution is -0.266. The van der Waals surface area contributed by atoms with Crippen molar-refractivity contribution in [2.24, 2.45) is 0 Å². The standard InChI is InChI=1S/C26H31F4N3O2/c1-24(2,20-12-17(27)6-9-23(20)34)16-25(35,26(28,29)30)14-19-13-22-21(32-19)8-7-18(31-22)15-33-10-4-3-5-11-33/h6-9,12-13,32,34-35H,3-5,10-11,14-16H2,1-2H3. The number of pyridine rings is 1. The average Bonchev–Trinajstić information content (AvgIpc) is 3.16. The van der Waals surface area contributed by atoms with Gasteiger partial charge in [-0.2, -0.15) is 13.2 Å². The van der Waals surface area contributed by atoms with E-state index >= 15 is 0 Å². The Morgan fingerprint density at radius 2 is 1.74 bits per heavy atom. The summed E-state index contributed by atoms with van der Waals surface area (Å²) in [6.45, 7) is 5.59. The summed E-state index contributed by atoms with van der Waals surface area (Å²) in [5.74, 6) is -1.000. The van der Waals surface area contributed by atoms with Crippen molar-refractivity contribution in [3.8, 4) is 5.75 Å². The highest BCUT2D eigenvalue weighted by Gasteiger charge is 2.56. The number of halogens is 4. The zero-order chi connectivity index (χ0) is 25.4. The molecule has 1 aliphatic heterocycles. The van der Waals surface area contributed by atoms with Crippen LogP contribution in [0.15, 0.2) is 36.4 Å². The lowest BCUT2D eigenvalue weighted by Gasteiger charge is -2.38. The van der Waals surface area contributed by atoms with E-state index in [1.165, 1.54) is 20.3 Å². The van der Waals surface area contributed by atoms with Crippen LogP contribution in [-0.2, 0) is 18.4 Å². The highest BCUT2D eigenvalue weighted by Crippen LogP contribution is 2.45. The maximum Gasteiger partial charge on any atom is 0.417 e. The van der Waals surface area contributed by atoms with E-state index in [0.29, 0.717) is 17.6 Å². The molecule has 3 heterocycles. The first kappa shape index (κ1) is 25.4. The number of benzene rings is 1. The van der Waals surface area contributed by atoms with Crippen LogP contribution in [0.3, 0.4) is 0 Å². The summed E-state index contributed by atoms with van der Waals surface area (Å²) in [6.07, 6.45) is -2.94. The second kappa shape index (κ2) is 9.43. The second-order valence-electron chi connectivity index (χ2n) is 10.3. The van der Waals surface area contributed by atoms with Crippen LogP contribution >= 0.6 is 0 Å². The van der Waals surface area contributed by atoms with Crippen molar-refractivity contribution in [1.29, 1.82) is 0 Å². The van der Waals surface area contributed by atoms with Gasteiger partial charge in [-0.15, -0.1) is 0 Å². The number of hydrogen-bond donors (Lipinski definition) is 3. The van der Waals surface area contributed by atoms with E-state index in [9.17, 15) is 27.8 Å². The number of phenols is 1. The summed E-state index contributed by atoms with van der Waals surface area (Å²) in [5, 5.41) is 21.1. The second-order valence-corrected chi connectivity index (χ2v) is 10.3. The Kier molecular flexibility index (Phi) is 6.85. The van der Waals surface area contributed by atoms with Gasteiger partial charge in [0.2, 0.25) is 0 Å². The number of nitrogens with zero attached hydrogens (tertiary/aromatic N) is 2. The molecule has 1 unspecified atom stereocenters. The number of aromatic hydroxyl groups is 1. The summed E-state index contributed by atoms with van der Waals surface area (Å²) in [6, 6.07) is 8.34. The predicted molar refractivity (Wildman–Crippen MR) is 126 cm³/mol. The normalized spacial score (nSPS) is 17.6. The molecule has 0 saturated carbocycles. The minimum Gasteiger partial charge on any atom is -0.508 e. The molecule has 0 radical (unpaired) electrons. The van der Waals surface area contributed by atoms with E-state index in [0.717, 1.165) is 49.8 Å². The van der Waals surface area contributed by atoms with Crippen molar-refractivity contribution in [3.63, 3.8) is 0 Å². The van der Waals surface area contributed by atoms with E-state index in [2.05, 4.69) is 14.9 Å². The lowest BCUT2D eigenvalue weighted by Crippen LogP contribution is -2.50. The molecule has 1 fully saturated rings. The Bertz CT molecular complexity index is 1190. The van der Waals surface area contributed by atoms with Crippen molar-refractivity contribution in [2.75, 3.05) is 13.1 Å². The number of phenolic OH excluding ortho intramolecular Hbond substituents is 1. The zero-order valence-electron chi connectivity index (χ0n) is 19.9. The highest BCUT2D eigenvalue weighted by atomic mass is 19.4. The van der Waals surface area contributed by atoms with Gasteiger partial charge in [0.15, 0.2) is 5.60 Å². The molecule has 0 amide bonds. The van der Waals surface area contributed by atoms with Crippen molar-refractivity contribution in [2.45, 2.75) is 69.7 Å². The molecule has 1 aromatic carbocycles. The van der Waals surface area contributed by atoms with E-state index in [4.69, 9.17) is 0 Å². The minimum absolute atomic E-state index is 0.000781. The number of aromatic nitrogens is 2. The van der Waals surface area contributed by atoms with Crippen LogP contribution in [-0.4, -0.2) is 49.9 Å². The molecule has 3 N–H and O–H groups in total. The number of alkyl halides is 3. The molecule has 0 spiro atoms. The number of aliphatic hydroxyl groups is 1. The SMILES string of the molecule is CC(C)(CC(O)(Cc1cc2nc(CN3CCCCC3)ccc2[nH]1)C(F)(F)F)c1cc(F)ccc1O. The van der Waals surface area contributed by atoms with Crippen molar-refractivity contribution < 1.29 is 27.8 Å². The molecule has 1 saturated heterocycles. The number of rotatable bonds is 7. The number of H-pyrrole nitrogens is 1. The summed E-state index contributed by atoms with van der Waals surface area (Å²) in [5.41, 5.74) is -2.31.